The lowest BCUT2D eigenvalue weighted by Gasteiger charge is -2.26. The summed E-state index contributed by atoms with van der Waals surface area (Å²) in [6.07, 6.45) is 2.21. The Labute approximate surface area is 184 Å². The van der Waals surface area contributed by atoms with Gasteiger partial charge in [0.25, 0.3) is 5.56 Å². The number of rotatable bonds is 7. The number of aromatic nitrogens is 3. The Bertz CT molecular complexity index is 1340. The van der Waals surface area contributed by atoms with Crippen LogP contribution in [0.5, 0.6) is 0 Å². The van der Waals surface area contributed by atoms with Crippen LogP contribution in [0, 0.1) is 0 Å². The molecule has 0 bridgehead atoms. The number of hydrogen-bond donors (Lipinski definition) is 3. The third-order valence-electron chi connectivity index (χ3n) is 5.47. The first-order valence-electron chi connectivity index (χ1n) is 10.5. The largest absolute Gasteiger partial charge is 0.361 e. The summed E-state index contributed by atoms with van der Waals surface area (Å²) in [5, 5.41) is 4.30. The Morgan fingerprint density at radius 3 is 2.56 bits per heavy atom. The molecule has 0 aliphatic carbocycles. The summed E-state index contributed by atoms with van der Waals surface area (Å²) in [5.41, 5.74) is 2.25. The molecule has 2 aromatic heterocycles. The number of amides is 2. The van der Waals surface area contributed by atoms with E-state index in [1.165, 1.54) is 6.92 Å². The lowest BCUT2D eigenvalue weighted by molar-refractivity contribution is -0.136. The predicted octanol–water partition coefficient (Wildman–Crippen LogP) is 2.50. The van der Waals surface area contributed by atoms with Gasteiger partial charge in [-0.1, -0.05) is 30.3 Å². The second-order valence-electron chi connectivity index (χ2n) is 7.70. The molecular formula is C24H25N5O3. The fraction of sp³-hybridized carbons (Fsp3) is 0.250. The van der Waals surface area contributed by atoms with Crippen molar-refractivity contribution in [3.05, 3.63) is 76.5 Å². The molecule has 2 amide bonds. The van der Waals surface area contributed by atoms with Gasteiger partial charge in [-0.3, -0.25) is 14.4 Å². The molecule has 0 fully saturated rings. The average molecular weight is 431 g/mol. The quantitative estimate of drug-likeness (QED) is 0.417. The first kappa shape index (κ1) is 21.3. The Morgan fingerprint density at radius 1 is 1.09 bits per heavy atom. The van der Waals surface area contributed by atoms with Crippen molar-refractivity contribution in [1.29, 1.82) is 0 Å². The van der Waals surface area contributed by atoms with Crippen molar-refractivity contribution in [2.75, 3.05) is 6.54 Å². The molecule has 0 spiro atoms. The molecule has 1 unspecified atom stereocenters. The molecule has 3 N–H and O–H groups in total. The number of likely N-dealkylation sites (N-methyl/N-ethyl adjacent to an activating group) is 1. The topological polar surface area (TPSA) is 111 Å². The molecule has 0 saturated heterocycles. The Hall–Kier alpha value is -3.94. The SMILES string of the molecule is CCN(Cc1nc2ccccc2c(=O)[nH]1)C(=O)C(Cc1c[nH]c2ccccc12)NC(C)=O. The van der Waals surface area contributed by atoms with E-state index in [4.69, 9.17) is 0 Å². The molecule has 8 nitrogen and oxygen atoms in total. The maximum atomic E-state index is 13.4. The summed E-state index contributed by atoms with van der Waals surface area (Å²) < 4.78 is 0. The van der Waals surface area contributed by atoms with Crippen LogP contribution in [-0.4, -0.2) is 44.3 Å². The minimum Gasteiger partial charge on any atom is -0.361 e. The molecule has 8 heteroatoms. The molecule has 0 radical (unpaired) electrons. The van der Waals surface area contributed by atoms with Gasteiger partial charge in [-0.15, -0.1) is 0 Å². The summed E-state index contributed by atoms with van der Waals surface area (Å²) in [4.78, 5) is 49.7. The van der Waals surface area contributed by atoms with E-state index in [2.05, 4.69) is 20.3 Å². The van der Waals surface area contributed by atoms with E-state index in [0.717, 1.165) is 16.5 Å². The minimum atomic E-state index is -0.737. The highest BCUT2D eigenvalue weighted by Gasteiger charge is 2.26. The van der Waals surface area contributed by atoms with Gasteiger partial charge in [-0.05, 0) is 30.7 Å². The van der Waals surface area contributed by atoms with Gasteiger partial charge in [0.1, 0.15) is 11.9 Å². The zero-order valence-electron chi connectivity index (χ0n) is 18.0. The predicted molar refractivity (Wildman–Crippen MR) is 123 cm³/mol. The zero-order chi connectivity index (χ0) is 22.7. The third-order valence-corrected chi connectivity index (χ3v) is 5.47. The highest BCUT2D eigenvalue weighted by Crippen LogP contribution is 2.20. The van der Waals surface area contributed by atoms with Gasteiger partial charge in [0.2, 0.25) is 11.8 Å². The molecule has 164 valence electrons. The molecule has 1 atom stereocenters. The van der Waals surface area contributed by atoms with E-state index >= 15 is 0 Å². The smallest absolute Gasteiger partial charge is 0.258 e. The van der Waals surface area contributed by atoms with Crippen LogP contribution in [-0.2, 0) is 22.6 Å². The number of benzene rings is 2. The van der Waals surface area contributed by atoms with Gasteiger partial charge >= 0.3 is 0 Å². The van der Waals surface area contributed by atoms with Crippen LogP contribution in [0.4, 0.5) is 0 Å². The Balaban J connectivity index is 1.60. The Morgan fingerprint density at radius 2 is 1.81 bits per heavy atom. The number of nitrogens with one attached hydrogen (secondary N) is 3. The van der Waals surface area contributed by atoms with Crippen LogP contribution < -0.4 is 10.9 Å². The molecule has 4 rings (SSSR count). The number of nitrogens with zero attached hydrogens (tertiary/aromatic N) is 2. The minimum absolute atomic E-state index is 0.138. The monoisotopic (exact) mass is 431 g/mol. The molecule has 2 heterocycles. The lowest BCUT2D eigenvalue weighted by Crippen LogP contribution is -2.49. The second-order valence-corrected chi connectivity index (χ2v) is 7.70. The number of carbonyl (C=O) groups excluding carboxylic acids is 2. The van der Waals surface area contributed by atoms with Crippen LogP contribution in [0.2, 0.25) is 0 Å². The first-order chi connectivity index (χ1) is 15.5. The lowest BCUT2D eigenvalue weighted by atomic mass is 10.0. The van der Waals surface area contributed by atoms with Gasteiger partial charge in [0.15, 0.2) is 0 Å². The molecular weight excluding hydrogens is 406 g/mol. The second kappa shape index (κ2) is 9.05. The zero-order valence-corrected chi connectivity index (χ0v) is 18.0. The van der Waals surface area contributed by atoms with E-state index < -0.39 is 6.04 Å². The van der Waals surface area contributed by atoms with Crippen molar-refractivity contribution < 1.29 is 9.59 Å². The number of hydrogen-bond acceptors (Lipinski definition) is 4. The Kier molecular flexibility index (Phi) is 6.02. The number of carbonyl (C=O) groups is 2. The van der Waals surface area contributed by atoms with Crippen molar-refractivity contribution >= 4 is 33.6 Å². The summed E-state index contributed by atoms with van der Waals surface area (Å²) in [6.45, 7) is 3.79. The number of fused-ring (bicyclic) bond motifs is 2. The highest BCUT2D eigenvalue weighted by molar-refractivity contribution is 5.89. The molecule has 4 aromatic rings. The van der Waals surface area contributed by atoms with Gasteiger partial charge in [-0.2, -0.15) is 0 Å². The molecule has 0 aliphatic heterocycles. The average Bonchev–Trinajstić information content (AvgIpc) is 3.19. The summed E-state index contributed by atoms with van der Waals surface area (Å²) in [5.74, 6) is -0.113. The van der Waals surface area contributed by atoms with Crippen LogP contribution in [0.15, 0.2) is 59.5 Å². The van der Waals surface area contributed by atoms with E-state index in [-0.39, 0.29) is 23.9 Å². The maximum absolute atomic E-state index is 13.4. The van der Waals surface area contributed by atoms with Crippen molar-refractivity contribution in [2.24, 2.45) is 0 Å². The maximum Gasteiger partial charge on any atom is 0.258 e. The van der Waals surface area contributed by atoms with Crippen LogP contribution in [0.3, 0.4) is 0 Å². The summed E-state index contributed by atoms with van der Waals surface area (Å²) in [6, 6.07) is 14.2. The van der Waals surface area contributed by atoms with E-state index in [0.29, 0.717) is 29.7 Å². The molecule has 0 saturated carbocycles. The van der Waals surface area contributed by atoms with Crippen molar-refractivity contribution in [3.8, 4) is 0 Å². The standard InChI is InChI=1S/C24H25N5O3/c1-3-29(14-22-27-20-11-7-5-9-18(20)23(31)28-22)24(32)21(26-15(2)30)12-16-13-25-19-10-6-4-8-17(16)19/h4-11,13,21,25H,3,12,14H2,1-2H3,(H,26,30)(H,27,28,31). The van der Waals surface area contributed by atoms with Crippen molar-refractivity contribution in [1.82, 2.24) is 25.2 Å². The van der Waals surface area contributed by atoms with E-state index in [1.807, 2.05) is 43.5 Å². The molecule has 0 aliphatic rings. The third kappa shape index (κ3) is 4.39. The normalized spacial score (nSPS) is 12.1. The summed E-state index contributed by atoms with van der Waals surface area (Å²) >= 11 is 0. The van der Waals surface area contributed by atoms with Crippen molar-refractivity contribution in [3.63, 3.8) is 0 Å². The van der Waals surface area contributed by atoms with Gasteiger partial charge in [-0.25, -0.2) is 4.98 Å². The summed E-state index contributed by atoms with van der Waals surface area (Å²) in [7, 11) is 0. The van der Waals surface area contributed by atoms with E-state index in [9.17, 15) is 14.4 Å². The fourth-order valence-electron chi connectivity index (χ4n) is 3.92. The van der Waals surface area contributed by atoms with Crippen molar-refractivity contribution in [2.45, 2.75) is 32.9 Å². The number of H-pyrrole nitrogens is 2. The molecule has 2 aromatic carbocycles. The van der Waals surface area contributed by atoms with E-state index in [1.54, 1.807) is 23.1 Å². The van der Waals surface area contributed by atoms with Gasteiger partial charge in [0.05, 0.1) is 17.4 Å². The number of para-hydroxylation sites is 2. The fourth-order valence-corrected chi connectivity index (χ4v) is 3.92. The van der Waals surface area contributed by atoms with Crippen LogP contribution in [0.25, 0.3) is 21.8 Å². The highest BCUT2D eigenvalue weighted by atomic mass is 16.2. The van der Waals surface area contributed by atoms with Gasteiger partial charge < -0.3 is 20.2 Å². The number of aromatic amines is 2. The first-order valence-corrected chi connectivity index (χ1v) is 10.5. The van der Waals surface area contributed by atoms with Gasteiger partial charge in [0, 0.05) is 37.0 Å². The van der Waals surface area contributed by atoms with Crippen LogP contribution >= 0.6 is 0 Å². The molecule has 32 heavy (non-hydrogen) atoms. The van der Waals surface area contributed by atoms with Crippen LogP contribution in [0.1, 0.15) is 25.2 Å².